The van der Waals surface area contributed by atoms with Crippen molar-refractivity contribution in [3.8, 4) is 5.19 Å². The first-order valence-electron chi connectivity index (χ1n) is 8.46. The minimum Gasteiger partial charge on any atom is -0.467 e. The number of nitrogens with zero attached hydrogens (tertiary/aromatic N) is 2. The van der Waals surface area contributed by atoms with Gasteiger partial charge in [0.1, 0.15) is 23.6 Å². The number of likely N-dealkylation sites (tertiary alicyclic amines) is 1. The minimum absolute atomic E-state index is 0.127. The van der Waals surface area contributed by atoms with Crippen LogP contribution in [-0.4, -0.2) is 35.0 Å². The summed E-state index contributed by atoms with van der Waals surface area (Å²) in [5, 5.41) is 0.463. The highest BCUT2D eigenvalue weighted by molar-refractivity contribution is 7.20. The Labute approximate surface area is 157 Å². The number of thiazole rings is 1. The molecule has 3 aromatic rings. The van der Waals surface area contributed by atoms with Crippen molar-refractivity contribution in [2.24, 2.45) is 0 Å². The van der Waals surface area contributed by atoms with Gasteiger partial charge in [0, 0.05) is 32.0 Å². The summed E-state index contributed by atoms with van der Waals surface area (Å²) in [6.07, 6.45) is 1.01. The van der Waals surface area contributed by atoms with Crippen molar-refractivity contribution in [2.45, 2.75) is 18.9 Å². The number of hydrogen-bond acceptors (Lipinski definition) is 4. The number of piperidine rings is 1. The predicted molar refractivity (Wildman–Crippen MR) is 95.5 cm³/mol. The van der Waals surface area contributed by atoms with Crippen molar-refractivity contribution in [1.82, 2.24) is 9.88 Å². The van der Waals surface area contributed by atoms with Crippen LogP contribution in [0.1, 0.15) is 23.2 Å². The zero-order valence-electron chi connectivity index (χ0n) is 14.1. The van der Waals surface area contributed by atoms with Crippen LogP contribution < -0.4 is 4.74 Å². The Hall–Kier alpha value is -2.61. The SMILES string of the molecule is O=C(c1ccc(F)cc1F)N1CCC(Oc2nc3ccc(F)cc3s2)CC1. The van der Waals surface area contributed by atoms with E-state index >= 15 is 0 Å². The van der Waals surface area contributed by atoms with Crippen LogP contribution >= 0.6 is 11.3 Å². The lowest BCUT2D eigenvalue weighted by Gasteiger charge is -2.31. The lowest BCUT2D eigenvalue weighted by Crippen LogP contribution is -2.42. The Kier molecular flexibility index (Phi) is 4.73. The van der Waals surface area contributed by atoms with E-state index in [-0.39, 0.29) is 17.5 Å². The van der Waals surface area contributed by atoms with Crippen molar-refractivity contribution < 1.29 is 22.7 Å². The van der Waals surface area contributed by atoms with E-state index in [9.17, 15) is 18.0 Å². The van der Waals surface area contributed by atoms with Crippen molar-refractivity contribution >= 4 is 27.5 Å². The smallest absolute Gasteiger partial charge is 0.274 e. The van der Waals surface area contributed by atoms with Crippen LogP contribution in [0.15, 0.2) is 36.4 Å². The molecule has 1 amide bonds. The number of halogens is 3. The predicted octanol–water partition coefficient (Wildman–Crippen LogP) is 4.40. The molecule has 140 valence electrons. The van der Waals surface area contributed by atoms with Gasteiger partial charge in [-0.05, 0) is 30.3 Å². The van der Waals surface area contributed by atoms with E-state index in [1.807, 2.05) is 0 Å². The van der Waals surface area contributed by atoms with E-state index in [1.165, 1.54) is 28.4 Å². The Morgan fingerprint density at radius 2 is 1.78 bits per heavy atom. The zero-order chi connectivity index (χ0) is 19.0. The Balaban J connectivity index is 1.38. The quantitative estimate of drug-likeness (QED) is 0.664. The highest BCUT2D eigenvalue weighted by Crippen LogP contribution is 2.30. The number of aromatic nitrogens is 1. The summed E-state index contributed by atoms with van der Waals surface area (Å²) in [5.74, 6) is -2.36. The maximum absolute atomic E-state index is 13.8. The monoisotopic (exact) mass is 392 g/mol. The minimum atomic E-state index is -0.861. The fourth-order valence-electron chi connectivity index (χ4n) is 3.08. The molecule has 2 aromatic carbocycles. The van der Waals surface area contributed by atoms with Crippen molar-refractivity contribution in [2.75, 3.05) is 13.1 Å². The second kappa shape index (κ2) is 7.19. The average Bonchev–Trinajstić information content (AvgIpc) is 3.03. The van der Waals surface area contributed by atoms with Crippen LogP contribution in [0, 0.1) is 17.5 Å². The maximum Gasteiger partial charge on any atom is 0.274 e. The molecule has 1 fully saturated rings. The van der Waals surface area contributed by atoms with Gasteiger partial charge in [0.05, 0.1) is 15.8 Å². The first kappa shape index (κ1) is 17.8. The van der Waals surface area contributed by atoms with E-state index in [0.29, 0.717) is 47.4 Å². The third kappa shape index (κ3) is 3.75. The van der Waals surface area contributed by atoms with Crippen LogP contribution in [-0.2, 0) is 0 Å². The van der Waals surface area contributed by atoms with Gasteiger partial charge >= 0.3 is 0 Å². The molecule has 4 rings (SSSR count). The number of amides is 1. The number of carbonyl (C=O) groups excluding carboxylic acids is 1. The molecule has 0 bridgehead atoms. The van der Waals surface area contributed by atoms with E-state index in [2.05, 4.69) is 4.98 Å². The Morgan fingerprint density at radius 3 is 2.52 bits per heavy atom. The number of ether oxygens (including phenoxy) is 1. The molecule has 1 saturated heterocycles. The third-order valence-corrected chi connectivity index (χ3v) is 5.40. The number of fused-ring (bicyclic) bond motifs is 1. The van der Waals surface area contributed by atoms with Crippen LogP contribution in [0.4, 0.5) is 13.2 Å². The average molecular weight is 392 g/mol. The molecular weight excluding hydrogens is 377 g/mol. The molecule has 0 saturated carbocycles. The van der Waals surface area contributed by atoms with Gasteiger partial charge in [0.15, 0.2) is 0 Å². The van der Waals surface area contributed by atoms with Gasteiger partial charge < -0.3 is 9.64 Å². The standard InChI is InChI=1S/C19H15F3N2O2S/c20-11-1-3-14(15(22)9-11)18(25)24-7-5-13(6-8-24)26-19-23-16-4-2-12(21)10-17(16)27-19/h1-4,9-10,13H,5-8H2. The van der Waals surface area contributed by atoms with Gasteiger partial charge in [-0.25, -0.2) is 18.2 Å². The normalized spacial score (nSPS) is 15.3. The van der Waals surface area contributed by atoms with Gasteiger partial charge in [-0.3, -0.25) is 4.79 Å². The first-order valence-corrected chi connectivity index (χ1v) is 9.28. The van der Waals surface area contributed by atoms with Gasteiger partial charge in [0.2, 0.25) is 0 Å². The number of carbonyl (C=O) groups is 1. The second-order valence-corrected chi connectivity index (χ2v) is 7.32. The summed E-state index contributed by atoms with van der Waals surface area (Å²) in [4.78, 5) is 18.3. The number of hydrogen-bond donors (Lipinski definition) is 0. The molecule has 0 atom stereocenters. The molecule has 1 aromatic heterocycles. The van der Waals surface area contributed by atoms with Crippen molar-refractivity contribution in [3.63, 3.8) is 0 Å². The summed E-state index contributed by atoms with van der Waals surface area (Å²) in [6.45, 7) is 0.805. The first-order chi connectivity index (χ1) is 13.0. The third-order valence-electron chi connectivity index (χ3n) is 4.49. The fraction of sp³-hybridized carbons (Fsp3) is 0.263. The molecule has 0 spiro atoms. The van der Waals surface area contributed by atoms with Crippen molar-refractivity contribution in [1.29, 1.82) is 0 Å². The largest absolute Gasteiger partial charge is 0.467 e. The molecule has 0 aliphatic carbocycles. The molecule has 0 radical (unpaired) electrons. The van der Waals surface area contributed by atoms with E-state index in [1.54, 1.807) is 6.07 Å². The molecule has 1 aliphatic rings. The maximum atomic E-state index is 13.8. The summed E-state index contributed by atoms with van der Waals surface area (Å²) in [7, 11) is 0. The number of benzene rings is 2. The van der Waals surface area contributed by atoms with Crippen LogP contribution in [0.3, 0.4) is 0 Å². The zero-order valence-corrected chi connectivity index (χ0v) is 14.9. The van der Waals surface area contributed by atoms with E-state index in [4.69, 9.17) is 4.74 Å². The van der Waals surface area contributed by atoms with Crippen LogP contribution in [0.25, 0.3) is 10.2 Å². The number of rotatable bonds is 3. The highest BCUT2D eigenvalue weighted by Gasteiger charge is 2.27. The Bertz CT molecular complexity index is 1000. The summed E-state index contributed by atoms with van der Waals surface area (Å²) >= 11 is 1.27. The van der Waals surface area contributed by atoms with E-state index < -0.39 is 17.5 Å². The topological polar surface area (TPSA) is 42.4 Å². The van der Waals surface area contributed by atoms with Gasteiger partial charge in [-0.15, -0.1) is 0 Å². The molecule has 0 N–H and O–H groups in total. The Morgan fingerprint density at radius 1 is 1.07 bits per heavy atom. The molecule has 1 aliphatic heterocycles. The molecule has 2 heterocycles. The fourth-order valence-corrected chi connectivity index (χ4v) is 3.99. The van der Waals surface area contributed by atoms with Gasteiger partial charge in [-0.1, -0.05) is 11.3 Å². The highest BCUT2D eigenvalue weighted by atomic mass is 32.1. The summed E-state index contributed by atoms with van der Waals surface area (Å²) in [5.41, 5.74) is 0.541. The molecule has 27 heavy (non-hydrogen) atoms. The van der Waals surface area contributed by atoms with Gasteiger partial charge in [0.25, 0.3) is 11.1 Å². The lowest BCUT2D eigenvalue weighted by atomic mass is 10.1. The van der Waals surface area contributed by atoms with Crippen LogP contribution in [0.2, 0.25) is 0 Å². The summed E-state index contributed by atoms with van der Waals surface area (Å²) < 4.78 is 46.7. The summed E-state index contributed by atoms with van der Waals surface area (Å²) in [6, 6.07) is 7.31. The molecule has 0 unspecified atom stereocenters. The van der Waals surface area contributed by atoms with E-state index in [0.717, 1.165) is 12.1 Å². The molecular formula is C19H15F3N2O2S. The van der Waals surface area contributed by atoms with Crippen molar-refractivity contribution in [3.05, 3.63) is 59.4 Å². The lowest BCUT2D eigenvalue weighted by molar-refractivity contribution is 0.0591. The second-order valence-electron chi connectivity index (χ2n) is 6.33. The van der Waals surface area contributed by atoms with Gasteiger partial charge in [-0.2, -0.15) is 0 Å². The molecule has 4 nitrogen and oxygen atoms in total. The van der Waals surface area contributed by atoms with Crippen LogP contribution in [0.5, 0.6) is 5.19 Å². The molecule has 8 heteroatoms.